The second-order valence-electron chi connectivity index (χ2n) is 7.45. The number of anilines is 3. The highest BCUT2D eigenvalue weighted by Gasteiger charge is 2.11. The van der Waals surface area contributed by atoms with Crippen molar-refractivity contribution in [2.75, 3.05) is 10.6 Å². The number of hydrogen-bond donors (Lipinski definition) is 2. The molecule has 6 heteroatoms. The second-order valence-corrected chi connectivity index (χ2v) is 7.45. The summed E-state index contributed by atoms with van der Waals surface area (Å²) >= 11 is 0. The Labute approximate surface area is 176 Å². The van der Waals surface area contributed by atoms with Crippen molar-refractivity contribution >= 4 is 29.0 Å². The van der Waals surface area contributed by atoms with Crippen LogP contribution in [0.4, 0.5) is 17.3 Å². The van der Waals surface area contributed by atoms with E-state index in [0.29, 0.717) is 17.2 Å². The number of rotatable bonds is 7. The zero-order valence-electron chi connectivity index (χ0n) is 17.7. The number of carbonyl (C=O) groups is 2. The summed E-state index contributed by atoms with van der Waals surface area (Å²) in [5.41, 5.74) is 6.03. The van der Waals surface area contributed by atoms with Crippen molar-refractivity contribution < 1.29 is 9.59 Å². The molecule has 1 heterocycles. The highest BCUT2D eigenvalue weighted by atomic mass is 16.2. The lowest BCUT2D eigenvalue weighted by Crippen LogP contribution is -2.13. The van der Waals surface area contributed by atoms with Crippen LogP contribution >= 0.6 is 0 Å². The third kappa shape index (κ3) is 5.73. The molecule has 0 aliphatic rings. The molecule has 0 spiro atoms. The number of nitrogens with zero attached hydrogens (tertiary/aromatic N) is 2. The van der Waals surface area contributed by atoms with Crippen LogP contribution in [0, 0.1) is 27.7 Å². The van der Waals surface area contributed by atoms with Crippen molar-refractivity contribution in [1.29, 1.82) is 0 Å². The number of carbonyl (C=O) groups excluding carboxylic acids is 2. The normalized spacial score (nSPS) is 10.5. The summed E-state index contributed by atoms with van der Waals surface area (Å²) in [7, 11) is 0. The van der Waals surface area contributed by atoms with E-state index < -0.39 is 0 Å². The van der Waals surface area contributed by atoms with E-state index in [0.717, 1.165) is 28.2 Å². The van der Waals surface area contributed by atoms with Crippen molar-refractivity contribution in [2.45, 2.75) is 40.5 Å². The van der Waals surface area contributed by atoms with Gasteiger partial charge in [0.25, 0.3) is 0 Å². The first-order valence-corrected chi connectivity index (χ1v) is 9.90. The Morgan fingerprint density at radius 1 is 0.800 bits per heavy atom. The lowest BCUT2D eigenvalue weighted by atomic mass is 10.0. The molecule has 0 atom stereocenters. The first-order chi connectivity index (χ1) is 14.3. The fourth-order valence-electron chi connectivity index (χ4n) is 3.10. The number of ketones is 1. The Morgan fingerprint density at radius 2 is 1.50 bits per heavy atom. The van der Waals surface area contributed by atoms with Crippen LogP contribution in [-0.4, -0.2) is 21.7 Å². The fourth-order valence-corrected chi connectivity index (χ4v) is 3.10. The molecular formula is C24H26N4O2. The fraction of sp³-hybridized carbons (Fsp3) is 0.250. The maximum absolute atomic E-state index is 12.4. The lowest BCUT2D eigenvalue weighted by Gasteiger charge is -2.10. The molecule has 0 fully saturated rings. The monoisotopic (exact) mass is 402 g/mol. The Balaban J connectivity index is 1.58. The maximum Gasteiger partial charge on any atom is 0.227 e. The van der Waals surface area contributed by atoms with Crippen LogP contribution in [0.5, 0.6) is 0 Å². The Bertz CT molecular complexity index is 1070. The van der Waals surface area contributed by atoms with Gasteiger partial charge in [0.1, 0.15) is 0 Å². The van der Waals surface area contributed by atoms with Crippen molar-refractivity contribution in [2.24, 2.45) is 0 Å². The standard InChI is InChI=1S/C24H26N4O2/c1-15-8-9-19(12-16(15)2)22(29)10-11-23(30)27-20-6-5-7-21(14-20)28-24-25-17(3)13-18(4)26-24/h5-9,12-14H,10-11H2,1-4H3,(H,27,30)(H,25,26,28). The molecule has 0 saturated heterocycles. The average Bonchev–Trinajstić information content (AvgIpc) is 2.67. The van der Waals surface area contributed by atoms with Crippen LogP contribution < -0.4 is 10.6 Å². The van der Waals surface area contributed by atoms with Gasteiger partial charge in [0.05, 0.1) is 0 Å². The SMILES string of the molecule is Cc1cc(C)nc(Nc2cccc(NC(=O)CCC(=O)c3ccc(C)c(C)c3)c2)n1. The van der Waals surface area contributed by atoms with E-state index in [1.54, 1.807) is 6.07 Å². The number of aromatic nitrogens is 2. The summed E-state index contributed by atoms with van der Waals surface area (Å²) in [6.45, 7) is 7.81. The van der Waals surface area contributed by atoms with Crippen molar-refractivity contribution in [3.8, 4) is 0 Å². The number of nitrogens with one attached hydrogen (secondary N) is 2. The highest BCUT2D eigenvalue weighted by Crippen LogP contribution is 2.19. The third-order valence-electron chi connectivity index (χ3n) is 4.79. The van der Waals surface area contributed by atoms with Gasteiger partial charge in [-0.25, -0.2) is 9.97 Å². The molecule has 1 amide bonds. The molecule has 0 saturated carbocycles. The first-order valence-electron chi connectivity index (χ1n) is 9.90. The Morgan fingerprint density at radius 3 is 2.20 bits per heavy atom. The van der Waals surface area contributed by atoms with Gasteiger partial charge in [0.2, 0.25) is 11.9 Å². The summed E-state index contributed by atoms with van der Waals surface area (Å²) in [4.78, 5) is 33.4. The largest absolute Gasteiger partial charge is 0.326 e. The molecular weight excluding hydrogens is 376 g/mol. The molecule has 6 nitrogen and oxygen atoms in total. The zero-order chi connectivity index (χ0) is 21.7. The number of hydrogen-bond acceptors (Lipinski definition) is 5. The van der Waals surface area contributed by atoms with Crippen LogP contribution in [0.1, 0.15) is 45.7 Å². The minimum atomic E-state index is -0.202. The quantitative estimate of drug-likeness (QED) is 0.540. The van der Waals surface area contributed by atoms with E-state index in [1.165, 1.54) is 0 Å². The number of benzene rings is 2. The number of amides is 1. The molecule has 0 bridgehead atoms. The number of Topliss-reactive ketones (excluding diaryl/α,β-unsaturated/α-hetero) is 1. The van der Waals surface area contributed by atoms with E-state index in [4.69, 9.17) is 0 Å². The van der Waals surface area contributed by atoms with Gasteiger partial charge in [-0.1, -0.05) is 18.2 Å². The molecule has 0 unspecified atom stereocenters. The van der Waals surface area contributed by atoms with Gasteiger partial charge in [0, 0.05) is 41.2 Å². The van der Waals surface area contributed by atoms with Crippen molar-refractivity contribution in [1.82, 2.24) is 9.97 Å². The molecule has 2 aromatic carbocycles. The molecule has 3 rings (SSSR count). The molecule has 0 aliphatic carbocycles. The third-order valence-corrected chi connectivity index (χ3v) is 4.79. The highest BCUT2D eigenvalue weighted by molar-refractivity contribution is 6.00. The Hall–Kier alpha value is -3.54. The van der Waals surface area contributed by atoms with Crippen LogP contribution in [0.2, 0.25) is 0 Å². The van der Waals surface area contributed by atoms with Crippen molar-refractivity contribution in [3.05, 3.63) is 76.6 Å². The zero-order valence-corrected chi connectivity index (χ0v) is 17.7. The van der Waals surface area contributed by atoms with Crippen molar-refractivity contribution in [3.63, 3.8) is 0 Å². The smallest absolute Gasteiger partial charge is 0.227 e. The van der Waals surface area contributed by atoms with Crippen LogP contribution in [0.15, 0.2) is 48.5 Å². The van der Waals surface area contributed by atoms with Gasteiger partial charge in [-0.2, -0.15) is 0 Å². The first kappa shape index (κ1) is 21.2. The van der Waals surface area contributed by atoms with Gasteiger partial charge < -0.3 is 10.6 Å². The van der Waals surface area contributed by atoms with E-state index in [9.17, 15) is 9.59 Å². The van der Waals surface area contributed by atoms with Gasteiger partial charge in [-0.15, -0.1) is 0 Å². The molecule has 0 aliphatic heterocycles. The minimum absolute atomic E-state index is 0.0318. The molecule has 154 valence electrons. The van der Waals surface area contributed by atoms with E-state index in [-0.39, 0.29) is 24.5 Å². The van der Waals surface area contributed by atoms with Gasteiger partial charge in [-0.3, -0.25) is 9.59 Å². The molecule has 30 heavy (non-hydrogen) atoms. The maximum atomic E-state index is 12.4. The van der Waals surface area contributed by atoms with Gasteiger partial charge >= 0.3 is 0 Å². The van der Waals surface area contributed by atoms with Crippen LogP contribution in [0.3, 0.4) is 0 Å². The molecule has 2 N–H and O–H groups in total. The molecule has 3 aromatic rings. The molecule has 1 aromatic heterocycles. The van der Waals surface area contributed by atoms with Gasteiger partial charge in [-0.05, 0) is 69.2 Å². The second kappa shape index (κ2) is 9.31. The van der Waals surface area contributed by atoms with E-state index >= 15 is 0 Å². The van der Waals surface area contributed by atoms with E-state index in [2.05, 4.69) is 20.6 Å². The van der Waals surface area contributed by atoms with Crippen LogP contribution in [-0.2, 0) is 4.79 Å². The predicted octanol–water partition coefficient (Wildman–Crippen LogP) is 5.06. The summed E-state index contributed by atoms with van der Waals surface area (Å²) in [5.74, 6) is 0.276. The lowest BCUT2D eigenvalue weighted by molar-refractivity contribution is -0.116. The Kier molecular flexibility index (Phi) is 6.57. The summed E-state index contributed by atoms with van der Waals surface area (Å²) < 4.78 is 0. The summed E-state index contributed by atoms with van der Waals surface area (Å²) in [6.07, 6.45) is 0.298. The van der Waals surface area contributed by atoms with E-state index in [1.807, 2.05) is 70.2 Å². The molecule has 0 radical (unpaired) electrons. The summed E-state index contributed by atoms with van der Waals surface area (Å²) in [5, 5.41) is 6.00. The topological polar surface area (TPSA) is 84.0 Å². The van der Waals surface area contributed by atoms with Crippen LogP contribution in [0.25, 0.3) is 0 Å². The summed E-state index contributed by atoms with van der Waals surface area (Å²) in [6, 6.07) is 14.8. The van der Waals surface area contributed by atoms with Gasteiger partial charge in [0.15, 0.2) is 5.78 Å². The number of aryl methyl sites for hydroxylation is 4. The average molecular weight is 402 g/mol. The predicted molar refractivity (Wildman–Crippen MR) is 119 cm³/mol. The minimum Gasteiger partial charge on any atom is -0.326 e.